The van der Waals surface area contributed by atoms with Gasteiger partial charge in [-0.3, -0.25) is 4.90 Å². The first-order chi connectivity index (χ1) is 8.81. The maximum Gasteiger partial charge on any atom is 0.0701 e. The number of nitrogens with zero attached hydrogens (tertiary/aromatic N) is 1. The zero-order chi connectivity index (χ0) is 12.8. The molecule has 1 aliphatic carbocycles. The molecule has 0 aromatic carbocycles. The molecule has 1 heterocycles. The highest BCUT2D eigenvalue weighted by molar-refractivity contribution is 4.85. The third-order valence-corrected chi connectivity index (χ3v) is 4.33. The molecule has 2 unspecified atom stereocenters. The normalized spacial score (nSPS) is 32.3. The first-order valence-electron chi connectivity index (χ1n) is 7.46. The predicted molar refractivity (Wildman–Crippen MR) is 70.5 cm³/mol. The van der Waals surface area contributed by atoms with Crippen molar-refractivity contribution in [1.82, 2.24) is 4.90 Å². The van der Waals surface area contributed by atoms with Gasteiger partial charge in [-0.15, -0.1) is 0 Å². The summed E-state index contributed by atoms with van der Waals surface area (Å²) >= 11 is 0. The van der Waals surface area contributed by atoms with Crippen LogP contribution < -0.4 is 0 Å². The quantitative estimate of drug-likeness (QED) is 0.742. The van der Waals surface area contributed by atoms with E-state index < -0.39 is 0 Å². The van der Waals surface area contributed by atoms with Gasteiger partial charge in [0.15, 0.2) is 0 Å². The van der Waals surface area contributed by atoms with E-state index in [1.807, 2.05) is 0 Å². The van der Waals surface area contributed by atoms with Gasteiger partial charge in [-0.05, 0) is 25.7 Å². The van der Waals surface area contributed by atoms with Crippen LogP contribution in [0.1, 0.15) is 44.9 Å². The van der Waals surface area contributed by atoms with Crippen molar-refractivity contribution in [3.05, 3.63) is 0 Å². The van der Waals surface area contributed by atoms with Crippen LogP contribution in [0.5, 0.6) is 0 Å². The number of likely N-dealkylation sites (tertiary alicyclic amines) is 1. The first-order valence-corrected chi connectivity index (χ1v) is 7.46. The van der Waals surface area contributed by atoms with Crippen molar-refractivity contribution in [2.75, 3.05) is 26.3 Å². The van der Waals surface area contributed by atoms with Crippen LogP contribution in [0.15, 0.2) is 0 Å². The summed E-state index contributed by atoms with van der Waals surface area (Å²) in [6.45, 7) is 2.62. The highest BCUT2D eigenvalue weighted by Crippen LogP contribution is 2.25. The highest BCUT2D eigenvalue weighted by atomic mass is 16.5. The number of piperidine rings is 1. The van der Waals surface area contributed by atoms with Gasteiger partial charge >= 0.3 is 0 Å². The lowest BCUT2D eigenvalue weighted by Gasteiger charge is -2.39. The van der Waals surface area contributed by atoms with Gasteiger partial charge in [0.25, 0.3) is 0 Å². The van der Waals surface area contributed by atoms with E-state index in [0.29, 0.717) is 18.8 Å². The monoisotopic (exact) mass is 257 g/mol. The van der Waals surface area contributed by atoms with Crippen molar-refractivity contribution in [2.45, 2.75) is 63.2 Å². The summed E-state index contributed by atoms with van der Waals surface area (Å²) in [7, 11) is 0. The zero-order valence-electron chi connectivity index (χ0n) is 11.3. The van der Waals surface area contributed by atoms with Crippen molar-refractivity contribution in [3.63, 3.8) is 0 Å². The Balaban J connectivity index is 1.77. The summed E-state index contributed by atoms with van der Waals surface area (Å²) in [5.74, 6) is 0. The van der Waals surface area contributed by atoms with Crippen molar-refractivity contribution in [1.29, 1.82) is 0 Å². The molecule has 2 rings (SSSR count). The number of hydrogen-bond donors (Lipinski definition) is 2. The lowest BCUT2D eigenvalue weighted by atomic mass is 9.99. The Bertz CT molecular complexity index is 229. The molecule has 2 N–H and O–H groups in total. The van der Waals surface area contributed by atoms with E-state index in [9.17, 15) is 5.11 Å². The number of aliphatic hydroxyl groups is 2. The molecule has 4 heteroatoms. The average Bonchev–Trinajstić information content (AvgIpc) is 2.62. The van der Waals surface area contributed by atoms with E-state index in [1.54, 1.807) is 0 Å². The molecule has 0 aromatic heterocycles. The van der Waals surface area contributed by atoms with Crippen LogP contribution in [0, 0.1) is 0 Å². The summed E-state index contributed by atoms with van der Waals surface area (Å²) in [4.78, 5) is 2.45. The van der Waals surface area contributed by atoms with E-state index in [4.69, 9.17) is 9.84 Å². The molecule has 0 aromatic rings. The Morgan fingerprint density at radius 2 is 1.72 bits per heavy atom. The Hall–Kier alpha value is -0.160. The Kier molecular flexibility index (Phi) is 5.89. The van der Waals surface area contributed by atoms with Gasteiger partial charge in [-0.25, -0.2) is 0 Å². The Morgan fingerprint density at radius 3 is 2.44 bits per heavy atom. The molecule has 0 bridgehead atoms. The third kappa shape index (κ3) is 3.92. The van der Waals surface area contributed by atoms with Gasteiger partial charge in [0, 0.05) is 19.1 Å². The molecule has 0 spiro atoms. The maximum atomic E-state index is 10.2. The molecule has 2 fully saturated rings. The van der Waals surface area contributed by atoms with E-state index in [2.05, 4.69) is 4.90 Å². The van der Waals surface area contributed by atoms with Crippen LogP contribution in [0.2, 0.25) is 0 Å². The Morgan fingerprint density at radius 1 is 1.00 bits per heavy atom. The molecule has 0 amide bonds. The summed E-state index contributed by atoms with van der Waals surface area (Å²) in [6.07, 6.45) is 8.03. The van der Waals surface area contributed by atoms with Crippen LogP contribution in [-0.4, -0.2) is 59.7 Å². The molecule has 18 heavy (non-hydrogen) atoms. The van der Waals surface area contributed by atoms with E-state index in [1.165, 1.54) is 19.3 Å². The molecule has 2 aliphatic rings. The fraction of sp³-hybridized carbons (Fsp3) is 1.00. The molecule has 4 nitrogen and oxygen atoms in total. The molecule has 106 valence electrons. The van der Waals surface area contributed by atoms with Crippen molar-refractivity contribution < 1.29 is 14.9 Å². The van der Waals surface area contributed by atoms with Crippen LogP contribution in [0.3, 0.4) is 0 Å². The van der Waals surface area contributed by atoms with E-state index in [0.717, 1.165) is 38.8 Å². The first kappa shape index (κ1) is 14.3. The van der Waals surface area contributed by atoms with Gasteiger partial charge in [-0.1, -0.05) is 19.3 Å². The number of hydrogen-bond acceptors (Lipinski definition) is 4. The number of aliphatic hydroxyl groups excluding tert-OH is 2. The average molecular weight is 257 g/mol. The molecule has 0 radical (unpaired) electrons. The van der Waals surface area contributed by atoms with Gasteiger partial charge < -0.3 is 14.9 Å². The second-order valence-electron chi connectivity index (χ2n) is 5.60. The summed E-state index contributed by atoms with van der Waals surface area (Å²) < 4.78 is 5.58. The summed E-state index contributed by atoms with van der Waals surface area (Å²) in [6, 6.07) is 0.367. The van der Waals surface area contributed by atoms with Gasteiger partial charge in [-0.2, -0.15) is 0 Å². The summed E-state index contributed by atoms with van der Waals surface area (Å²) in [5.41, 5.74) is 0. The molecular weight excluding hydrogens is 230 g/mol. The van der Waals surface area contributed by atoms with Crippen LogP contribution in [-0.2, 0) is 4.74 Å². The van der Waals surface area contributed by atoms with Crippen molar-refractivity contribution >= 4 is 0 Å². The minimum atomic E-state index is -0.137. The van der Waals surface area contributed by atoms with E-state index in [-0.39, 0.29) is 12.7 Å². The second kappa shape index (κ2) is 7.43. The molecule has 1 saturated carbocycles. The number of rotatable bonds is 4. The molecule has 2 atom stereocenters. The van der Waals surface area contributed by atoms with Crippen LogP contribution >= 0.6 is 0 Å². The van der Waals surface area contributed by atoms with Crippen LogP contribution in [0.4, 0.5) is 0 Å². The van der Waals surface area contributed by atoms with Crippen molar-refractivity contribution in [3.8, 4) is 0 Å². The smallest absolute Gasteiger partial charge is 0.0701 e. The van der Waals surface area contributed by atoms with Gasteiger partial charge in [0.1, 0.15) is 0 Å². The minimum Gasteiger partial charge on any atom is -0.394 e. The zero-order valence-corrected chi connectivity index (χ0v) is 11.3. The molecule has 1 aliphatic heterocycles. The minimum absolute atomic E-state index is 0.113. The fourth-order valence-electron chi connectivity index (χ4n) is 3.29. The highest BCUT2D eigenvalue weighted by Gasteiger charge is 2.30. The summed E-state index contributed by atoms with van der Waals surface area (Å²) in [5, 5.41) is 19.0. The SMILES string of the molecule is OCCOC1CCN(C2CCCCCC2O)CC1. The lowest BCUT2D eigenvalue weighted by Crippen LogP contribution is -2.48. The molecule has 1 saturated heterocycles. The van der Waals surface area contributed by atoms with Gasteiger partial charge in [0.2, 0.25) is 0 Å². The second-order valence-corrected chi connectivity index (χ2v) is 5.60. The maximum absolute atomic E-state index is 10.2. The topological polar surface area (TPSA) is 52.9 Å². The van der Waals surface area contributed by atoms with E-state index >= 15 is 0 Å². The molecular formula is C14H27NO3. The largest absolute Gasteiger partial charge is 0.394 e. The van der Waals surface area contributed by atoms with Crippen LogP contribution in [0.25, 0.3) is 0 Å². The lowest BCUT2D eigenvalue weighted by molar-refractivity contribution is -0.0331. The third-order valence-electron chi connectivity index (χ3n) is 4.33. The Labute approximate surface area is 110 Å². The van der Waals surface area contributed by atoms with Gasteiger partial charge in [0.05, 0.1) is 25.4 Å². The fourth-order valence-corrected chi connectivity index (χ4v) is 3.29. The van der Waals surface area contributed by atoms with Crippen molar-refractivity contribution in [2.24, 2.45) is 0 Å². The number of ether oxygens (including phenoxy) is 1. The standard InChI is InChI=1S/C14H27NO3/c16-10-11-18-12-6-8-15(9-7-12)13-4-2-1-3-5-14(13)17/h12-14,16-17H,1-11H2. The predicted octanol–water partition coefficient (Wildman–Crippen LogP) is 1.15.